The zero-order valence-corrected chi connectivity index (χ0v) is 11.9. The van der Waals surface area contributed by atoms with Crippen LogP contribution in [-0.4, -0.2) is 46.5 Å². The second-order valence-corrected chi connectivity index (χ2v) is 6.03. The summed E-state index contributed by atoms with van der Waals surface area (Å²) < 4.78 is 0. The standard InChI is InChI=1S/C13H23N3OS/c1-10-5-8-15(9-6-10)13(17)16-7-3-2-4-11(16)12(14)18/h10-11H,2-9H2,1H3,(H2,14,18). The maximum atomic E-state index is 12.5. The van der Waals surface area contributed by atoms with E-state index in [-0.39, 0.29) is 12.1 Å². The second-order valence-electron chi connectivity index (χ2n) is 5.56. The molecule has 0 aliphatic carbocycles. The van der Waals surface area contributed by atoms with Crippen molar-refractivity contribution in [1.29, 1.82) is 0 Å². The third kappa shape index (κ3) is 2.94. The molecule has 5 heteroatoms. The van der Waals surface area contributed by atoms with E-state index in [0.29, 0.717) is 4.99 Å². The quantitative estimate of drug-likeness (QED) is 0.741. The molecule has 0 saturated carbocycles. The van der Waals surface area contributed by atoms with Gasteiger partial charge in [-0.25, -0.2) is 4.79 Å². The monoisotopic (exact) mass is 269 g/mol. The number of amides is 2. The maximum absolute atomic E-state index is 12.5. The number of likely N-dealkylation sites (tertiary alicyclic amines) is 2. The van der Waals surface area contributed by atoms with Crippen LogP contribution in [0, 0.1) is 5.92 Å². The number of urea groups is 1. The molecule has 1 atom stereocenters. The van der Waals surface area contributed by atoms with Gasteiger partial charge < -0.3 is 15.5 Å². The Morgan fingerprint density at radius 1 is 1.17 bits per heavy atom. The molecule has 4 nitrogen and oxygen atoms in total. The van der Waals surface area contributed by atoms with Crippen LogP contribution in [-0.2, 0) is 0 Å². The van der Waals surface area contributed by atoms with Crippen LogP contribution in [0.3, 0.4) is 0 Å². The maximum Gasteiger partial charge on any atom is 0.320 e. The van der Waals surface area contributed by atoms with Crippen LogP contribution in [0.15, 0.2) is 0 Å². The van der Waals surface area contributed by atoms with Gasteiger partial charge in [-0.2, -0.15) is 0 Å². The van der Waals surface area contributed by atoms with Gasteiger partial charge in [0.25, 0.3) is 0 Å². The minimum atomic E-state index is -0.0272. The molecule has 0 aromatic carbocycles. The first-order valence-electron chi connectivity index (χ1n) is 6.94. The van der Waals surface area contributed by atoms with Crippen LogP contribution in [0.2, 0.25) is 0 Å². The Morgan fingerprint density at radius 3 is 2.44 bits per heavy atom. The van der Waals surface area contributed by atoms with Crippen molar-refractivity contribution < 1.29 is 4.79 Å². The lowest BCUT2D eigenvalue weighted by molar-refractivity contribution is 0.117. The Bertz CT molecular complexity index is 326. The normalized spacial score (nSPS) is 26.2. The van der Waals surface area contributed by atoms with Crippen molar-refractivity contribution in [2.24, 2.45) is 11.7 Å². The topological polar surface area (TPSA) is 49.6 Å². The van der Waals surface area contributed by atoms with Crippen LogP contribution in [0.1, 0.15) is 39.0 Å². The lowest BCUT2D eigenvalue weighted by Gasteiger charge is -2.40. The summed E-state index contributed by atoms with van der Waals surface area (Å²) >= 11 is 5.10. The average molecular weight is 269 g/mol. The summed E-state index contributed by atoms with van der Waals surface area (Å²) in [7, 11) is 0. The summed E-state index contributed by atoms with van der Waals surface area (Å²) in [5.74, 6) is 0.738. The molecule has 1 unspecified atom stereocenters. The Kier molecular flexibility index (Phi) is 4.43. The van der Waals surface area contributed by atoms with E-state index >= 15 is 0 Å². The zero-order chi connectivity index (χ0) is 13.1. The molecule has 18 heavy (non-hydrogen) atoms. The SMILES string of the molecule is CC1CCN(C(=O)N2CCCCC2C(N)=S)CC1. The summed E-state index contributed by atoms with van der Waals surface area (Å²) in [6, 6.07) is 0.111. The van der Waals surface area contributed by atoms with Gasteiger partial charge in [-0.15, -0.1) is 0 Å². The zero-order valence-electron chi connectivity index (χ0n) is 11.1. The summed E-state index contributed by atoms with van der Waals surface area (Å²) in [4.78, 5) is 16.8. The van der Waals surface area contributed by atoms with Crippen molar-refractivity contribution in [2.75, 3.05) is 19.6 Å². The Balaban J connectivity index is 2.00. The molecule has 2 N–H and O–H groups in total. The van der Waals surface area contributed by atoms with Gasteiger partial charge in [0.1, 0.15) is 0 Å². The third-order valence-electron chi connectivity index (χ3n) is 4.13. The van der Waals surface area contributed by atoms with Crippen molar-refractivity contribution >= 4 is 23.2 Å². The minimum absolute atomic E-state index is 0.0272. The lowest BCUT2D eigenvalue weighted by atomic mass is 9.99. The Morgan fingerprint density at radius 2 is 1.83 bits per heavy atom. The summed E-state index contributed by atoms with van der Waals surface area (Å²) in [6.07, 6.45) is 5.32. The van der Waals surface area contributed by atoms with E-state index in [1.807, 2.05) is 9.80 Å². The van der Waals surface area contributed by atoms with Crippen molar-refractivity contribution in [1.82, 2.24) is 9.80 Å². The summed E-state index contributed by atoms with van der Waals surface area (Å²) in [5.41, 5.74) is 5.77. The number of thiocarbonyl (C=S) groups is 1. The highest BCUT2D eigenvalue weighted by Crippen LogP contribution is 2.22. The number of hydrogen-bond donors (Lipinski definition) is 1. The molecular formula is C13H23N3OS. The van der Waals surface area contributed by atoms with E-state index in [0.717, 1.165) is 57.7 Å². The van der Waals surface area contributed by atoms with E-state index < -0.39 is 0 Å². The molecule has 0 radical (unpaired) electrons. The summed E-state index contributed by atoms with van der Waals surface area (Å²) in [6.45, 7) is 4.80. The molecule has 0 aromatic rings. The smallest absolute Gasteiger partial charge is 0.320 e. The molecule has 0 spiro atoms. The number of carbonyl (C=O) groups excluding carboxylic acids is 1. The molecular weight excluding hydrogens is 246 g/mol. The molecule has 2 aliphatic heterocycles. The van der Waals surface area contributed by atoms with E-state index in [9.17, 15) is 4.79 Å². The molecule has 2 rings (SSSR count). The fourth-order valence-corrected chi connectivity index (χ4v) is 3.08. The third-order valence-corrected chi connectivity index (χ3v) is 4.40. The van der Waals surface area contributed by atoms with E-state index in [4.69, 9.17) is 18.0 Å². The number of carbonyl (C=O) groups is 1. The summed E-state index contributed by atoms with van der Waals surface area (Å²) in [5, 5.41) is 0. The highest BCUT2D eigenvalue weighted by Gasteiger charge is 2.32. The lowest BCUT2D eigenvalue weighted by Crippen LogP contribution is -2.55. The van der Waals surface area contributed by atoms with Crippen molar-refractivity contribution in [3.8, 4) is 0 Å². The number of hydrogen-bond acceptors (Lipinski definition) is 2. The number of nitrogens with zero attached hydrogens (tertiary/aromatic N) is 2. The van der Waals surface area contributed by atoms with Gasteiger partial charge >= 0.3 is 6.03 Å². The number of nitrogens with two attached hydrogens (primary N) is 1. The van der Waals surface area contributed by atoms with Crippen LogP contribution in [0.25, 0.3) is 0 Å². The predicted octanol–water partition coefficient (Wildman–Crippen LogP) is 1.98. The predicted molar refractivity (Wildman–Crippen MR) is 76.5 cm³/mol. The Hall–Kier alpha value is -0.840. The fourth-order valence-electron chi connectivity index (χ4n) is 2.84. The first-order valence-corrected chi connectivity index (χ1v) is 7.35. The number of piperidine rings is 2. The molecule has 2 heterocycles. The highest BCUT2D eigenvalue weighted by molar-refractivity contribution is 7.80. The molecule has 0 bridgehead atoms. The molecule has 2 fully saturated rings. The van der Waals surface area contributed by atoms with E-state index in [1.165, 1.54) is 0 Å². The van der Waals surface area contributed by atoms with E-state index in [2.05, 4.69) is 6.92 Å². The molecule has 2 aliphatic rings. The average Bonchev–Trinajstić information content (AvgIpc) is 2.39. The van der Waals surface area contributed by atoms with Crippen LogP contribution >= 0.6 is 12.2 Å². The molecule has 0 aromatic heterocycles. The van der Waals surface area contributed by atoms with E-state index in [1.54, 1.807) is 0 Å². The number of rotatable bonds is 1. The molecule has 2 saturated heterocycles. The van der Waals surface area contributed by atoms with Gasteiger partial charge in [0.15, 0.2) is 0 Å². The van der Waals surface area contributed by atoms with Crippen molar-refractivity contribution in [3.63, 3.8) is 0 Å². The van der Waals surface area contributed by atoms with Gasteiger partial charge in [0.2, 0.25) is 0 Å². The van der Waals surface area contributed by atoms with Crippen LogP contribution < -0.4 is 5.73 Å². The van der Waals surface area contributed by atoms with Gasteiger partial charge in [-0.05, 0) is 38.0 Å². The van der Waals surface area contributed by atoms with Crippen molar-refractivity contribution in [3.05, 3.63) is 0 Å². The minimum Gasteiger partial charge on any atom is -0.392 e. The van der Waals surface area contributed by atoms with Gasteiger partial charge in [0, 0.05) is 19.6 Å². The van der Waals surface area contributed by atoms with Crippen molar-refractivity contribution in [2.45, 2.75) is 45.1 Å². The second kappa shape index (κ2) is 5.87. The Labute approximate surface area is 114 Å². The molecule has 102 valence electrons. The largest absolute Gasteiger partial charge is 0.392 e. The first kappa shape index (κ1) is 13.6. The van der Waals surface area contributed by atoms with Gasteiger partial charge in [-0.1, -0.05) is 19.1 Å². The van der Waals surface area contributed by atoms with Crippen LogP contribution in [0.5, 0.6) is 0 Å². The molecule has 2 amide bonds. The highest BCUT2D eigenvalue weighted by atomic mass is 32.1. The van der Waals surface area contributed by atoms with Crippen LogP contribution in [0.4, 0.5) is 4.79 Å². The van der Waals surface area contributed by atoms with Gasteiger partial charge in [-0.3, -0.25) is 0 Å². The fraction of sp³-hybridized carbons (Fsp3) is 0.846. The van der Waals surface area contributed by atoms with Gasteiger partial charge in [0.05, 0.1) is 11.0 Å². The first-order chi connectivity index (χ1) is 8.59.